The fourth-order valence-electron chi connectivity index (χ4n) is 1.40. The first kappa shape index (κ1) is 10.6. The molecule has 0 amide bonds. The number of hydrogen-bond donors (Lipinski definition) is 0. The van der Waals surface area contributed by atoms with Crippen LogP contribution < -0.4 is 0 Å². The lowest BCUT2D eigenvalue weighted by atomic mass is 10.1. The molecule has 1 aromatic carbocycles. The fourth-order valence-corrected chi connectivity index (χ4v) is 2.31. The second-order valence-electron chi connectivity index (χ2n) is 3.06. The van der Waals surface area contributed by atoms with E-state index in [4.69, 9.17) is 9.47 Å². The average molecular weight is 322 g/mol. The molecular formula is C10H10Br2O2. The van der Waals surface area contributed by atoms with E-state index in [-0.39, 0.29) is 11.1 Å². The van der Waals surface area contributed by atoms with Gasteiger partial charge in [0.1, 0.15) is 11.1 Å². The summed E-state index contributed by atoms with van der Waals surface area (Å²) in [6.45, 7) is 1.31. The Hall–Kier alpha value is 0.1000. The summed E-state index contributed by atoms with van der Waals surface area (Å²) in [5, 5.41) is -0.0441. The molecule has 1 aliphatic heterocycles. The second kappa shape index (κ2) is 4.75. The summed E-state index contributed by atoms with van der Waals surface area (Å²) < 4.78 is 12.2. The number of alkyl halides is 1. The van der Waals surface area contributed by atoms with Gasteiger partial charge < -0.3 is 9.47 Å². The first-order chi connectivity index (χ1) is 6.77. The van der Waals surface area contributed by atoms with E-state index in [2.05, 4.69) is 31.9 Å². The standard InChI is InChI=1S/C10H10Br2O2/c11-8-3-1-7(2-4-8)9-10(12)14-6-5-13-9/h1-4,9-10H,5-6H2/t9-,10+/m1/s1. The first-order valence-corrected chi connectivity index (χ1v) is 6.11. The molecule has 1 heterocycles. The number of benzene rings is 1. The summed E-state index contributed by atoms with van der Waals surface area (Å²) in [7, 11) is 0. The van der Waals surface area contributed by atoms with E-state index in [0.717, 1.165) is 10.0 Å². The van der Waals surface area contributed by atoms with Crippen molar-refractivity contribution in [2.45, 2.75) is 11.1 Å². The molecule has 4 heteroatoms. The highest BCUT2D eigenvalue weighted by atomic mass is 79.9. The minimum absolute atomic E-state index is 0.00292. The van der Waals surface area contributed by atoms with E-state index >= 15 is 0 Å². The van der Waals surface area contributed by atoms with Crippen LogP contribution in [-0.2, 0) is 9.47 Å². The number of ether oxygens (including phenoxy) is 2. The molecule has 1 aromatic rings. The van der Waals surface area contributed by atoms with Crippen molar-refractivity contribution in [1.82, 2.24) is 0 Å². The van der Waals surface area contributed by atoms with Gasteiger partial charge in [-0.2, -0.15) is 0 Å². The van der Waals surface area contributed by atoms with Gasteiger partial charge in [0, 0.05) is 4.47 Å². The summed E-state index contributed by atoms with van der Waals surface area (Å²) in [5.41, 5.74) is 1.13. The predicted octanol–water partition coefficient (Wildman–Crippen LogP) is 3.26. The largest absolute Gasteiger partial charge is 0.367 e. The van der Waals surface area contributed by atoms with Crippen LogP contribution >= 0.6 is 31.9 Å². The van der Waals surface area contributed by atoms with Crippen LogP contribution in [0.1, 0.15) is 11.7 Å². The molecule has 0 radical (unpaired) electrons. The van der Waals surface area contributed by atoms with Crippen LogP contribution in [-0.4, -0.2) is 18.2 Å². The van der Waals surface area contributed by atoms with Crippen molar-refractivity contribution >= 4 is 31.9 Å². The Balaban J connectivity index is 2.16. The zero-order valence-corrected chi connectivity index (χ0v) is 10.6. The summed E-state index contributed by atoms with van der Waals surface area (Å²) in [4.78, 5) is 0. The average Bonchev–Trinajstić information content (AvgIpc) is 2.20. The monoisotopic (exact) mass is 320 g/mol. The maximum absolute atomic E-state index is 5.63. The van der Waals surface area contributed by atoms with Crippen molar-refractivity contribution in [3.05, 3.63) is 34.3 Å². The highest BCUT2D eigenvalue weighted by Gasteiger charge is 2.25. The van der Waals surface area contributed by atoms with Gasteiger partial charge in [-0.05, 0) is 17.7 Å². The molecular weight excluding hydrogens is 312 g/mol. The second-order valence-corrected chi connectivity index (χ2v) is 4.88. The highest BCUT2D eigenvalue weighted by Crippen LogP contribution is 2.30. The molecule has 2 atom stereocenters. The quantitative estimate of drug-likeness (QED) is 0.739. The lowest BCUT2D eigenvalue weighted by Gasteiger charge is -2.28. The first-order valence-electron chi connectivity index (χ1n) is 4.40. The van der Waals surface area contributed by atoms with Gasteiger partial charge in [-0.1, -0.05) is 44.0 Å². The van der Waals surface area contributed by atoms with Gasteiger partial charge in [0.25, 0.3) is 0 Å². The third-order valence-corrected chi connectivity index (χ3v) is 3.37. The smallest absolute Gasteiger partial charge is 0.142 e. The predicted molar refractivity (Wildman–Crippen MR) is 61.5 cm³/mol. The zero-order chi connectivity index (χ0) is 9.97. The van der Waals surface area contributed by atoms with E-state index in [0.29, 0.717) is 13.2 Å². The molecule has 0 unspecified atom stereocenters. The van der Waals surface area contributed by atoms with Crippen LogP contribution in [0.4, 0.5) is 0 Å². The molecule has 2 rings (SSSR count). The van der Waals surface area contributed by atoms with Gasteiger partial charge in [0.15, 0.2) is 0 Å². The third-order valence-electron chi connectivity index (χ3n) is 2.09. The Morgan fingerprint density at radius 3 is 2.36 bits per heavy atom. The highest BCUT2D eigenvalue weighted by molar-refractivity contribution is 9.10. The zero-order valence-electron chi connectivity index (χ0n) is 7.45. The molecule has 14 heavy (non-hydrogen) atoms. The molecule has 0 bridgehead atoms. The maximum Gasteiger partial charge on any atom is 0.142 e. The van der Waals surface area contributed by atoms with E-state index in [9.17, 15) is 0 Å². The van der Waals surface area contributed by atoms with Gasteiger partial charge in [-0.3, -0.25) is 0 Å². The van der Waals surface area contributed by atoms with E-state index in [1.807, 2.05) is 24.3 Å². The van der Waals surface area contributed by atoms with Gasteiger partial charge in [0.05, 0.1) is 13.2 Å². The lowest BCUT2D eigenvalue weighted by Crippen LogP contribution is -2.27. The van der Waals surface area contributed by atoms with Crippen molar-refractivity contribution in [2.75, 3.05) is 13.2 Å². The Morgan fingerprint density at radius 2 is 1.71 bits per heavy atom. The Kier molecular flexibility index (Phi) is 3.60. The van der Waals surface area contributed by atoms with Crippen LogP contribution in [0.15, 0.2) is 28.7 Å². The molecule has 0 aromatic heterocycles. The molecule has 1 saturated heterocycles. The molecule has 2 nitrogen and oxygen atoms in total. The van der Waals surface area contributed by atoms with Gasteiger partial charge in [-0.25, -0.2) is 0 Å². The Bertz CT molecular complexity index is 299. The summed E-state index contributed by atoms with van der Waals surface area (Å²) >= 11 is 6.85. The maximum atomic E-state index is 5.63. The summed E-state index contributed by atoms with van der Waals surface area (Å²) in [5.74, 6) is 0. The van der Waals surface area contributed by atoms with Gasteiger partial charge in [-0.15, -0.1) is 0 Å². The molecule has 1 aliphatic rings. The number of rotatable bonds is 1. The van der Waals surface area contributed by atoms with Crippen LogP contribution in [0.25, 0.3) is 0 Å². The molecule has 76 valence electrons. The molecule has 0 spiro atoms. The normalized spacial score (nSPS) is 27.6. The minimum atomic E-state index is -0.0441. The number of hydrogen-bond acceptors (Lipinski definition) is 2. The van der Waals surface area contributed by atoms with Gasteiger partial charge >= 0.3 is 0 Å². The topological polar surface area (TPSA) is 18.5 Å². The van der Waals surface area contributed by atoms with Crippen molar-refractivity contribution in [3.8, 4) is 0 Å². The molecule has 1 fully saturated rings. The number of halogens is 2. The van der Waals surface area contributed by atoms with E-state index < -0.39 is 0 Å². The SMILES string of the molecule is Brc1ccc([C@H]2OCCO[C@@H]2Br)cc1. The van der Waals surface area contributed by atoms with Gasteiger partial charge in [0.2, 0.25) is 0 Å². The van der Waals surface area contributed by atoms with E-state index in [1.54, 1.807) is 0 Å². The van der Waals surface area contributed by atoms with Crippen molar-refractivity contribution < 1.29 is 9.47 Å². The van der Waals surface area contributed by atoms with Crippen LogP contribution in [0.2, 0.25) is 0 Å². The van der Waals surface area contributed by atoms with Crippen LogP contribution in [0.5, 0.6) is 0 Å². The Labute approximate surface area is 99.8 Å². The lowest BCUT2D eigenvalue weighted by molar-refractivity contribution is -0.103. The van der Waals surface area contributed by atoms with Crippen molar-refractivity contribution in [2.24, 2.45) is 0 Å². The van der Waals surface area contributed by atoms with E-state index in [1.165, 1.54) is 0 Å². The van der Waals surface area contributed by atoms with Crippen molar-refractivity contribution in [1.29, 1.82) is 0 Å². The summed E-state index contributed by atoms with van der Waals surface area (Å²) in [6, 6.07) is 8.09. The van der Waals surface area contributed by atoms with Crippen LogP contribution in [0.3, 0.4) is 0 Å². The van der Waals surface area contributed by atoms with Crippen LogP contribution in [0, 0.1) is 0 Å². The third kappa shape index (κ3) is 2.37. The van der Waals surface area contributed by atoms with Crippen molar-refractivity contribution in [3.63, 3.8) is 0 Å². The minimum Gasteiger partial charge on any atom is -0.367 e. The Morgan fingerprint density at radius 1 is 1.07 bits per heavy atom. The fraction of sp³-hybridized carbons (Fsp3) is 0.400. The molecule has 0 N–H and O–H groups in total. The molecule has 0 saturated carbocycles. The summed E-state index contributed by atoms with van der Waals surface area (Å²) in [6.07, 6.45) is -0.00292. The molecule has 0 aliphatic carbocycles.